The largest absolute Gasteiger partial charge is 0.376 e. The smallest absolute Gasteiger partial charge is 0.258 e. The molecule has 2 aromatic rings. The first kappa shape index (κ1) is 15.7. The van der Waals surface area contributed by atoms with E-state index in [9.17, 15) is 9.59 Å². The van der Waals surface area contributed by atoms with Gasteiger partial charge < -0.3 is 15.0 Å². The lowest BCUT2D eigenvalue weighted by molar-refractivity contribution is -0.121. The standard InChI is InChI=1S/C17H21N3O3/c21-16(18-11-12-5-4-10-23-12)9-3-8-15-19-14-7-2-1-6-13(14)17(22)20-15/h1-2,6-7,12H,3-5,8-11H2,(H,18,21)(H,19,20,22). The highest BCUT2D eigenvalue weighted by molar-refractivity contribution is 5.77. The fourth-order valence-corrected chi connectivity index (χ4v) is 2.79. The molecule has 0 bridgehead atoms. The highest BCUT2D eigenvalue weighted by Crippen LogP contribution is 2.11. The molecule has 1 saturated heterocycles. The summed E-state index contributed by atoms with van der Waals surface area (Å²) >= 11 is 0. The fourth-order valence-electron chi connectivity index (χ4n) is 2.79. The maximum Gasteiger partial charge on any atom is 0.258 e. The molecule has 1 aromatic carbocycles. The first-order valence-electron chi connectivity index (χ1n) is 8.08. The summed E-state index contributed by atoms with van der Waals surface area (Å²) in [4.78, 5) is 31.0. The van der Waals surface area contributed by atoms with E-state index in [0.29, 0.717) is 42.5 Å². The van der Waals surface area contributed by atoms with Crippen molar-refractivity contribution >= 4 is 16.8 Å². The summed E-state index contributed by atoms with van der Waals surface area (Å²) in [5.41, 5.74) is 0.558. The lowest BCUT2D eigenvalue weighted by Crippen LogP contribution is -2.31. The highest BCUT2D eigenvalue weighted by Gasteiger charge is 2.16. The van der Waals surface area contributed by atoms with Crippen LogP contribution in [-0.4, -0.2) is 35.1 Å². The van der Waals surface area contributed by atoms with Crippen molar-refractivity contribution in [2.24, 2.45) is 0 Å². The third-order valence-electron chi connectivity index (χ3n) is 4.03. The molecule has 2 N–H and O–H groups in total. The molecule has 1 aliphatic rings. The van der Waals surface area contributed by atoms with Crippen molar-refractivity contribution < 1.29 is 9.53 Å². The molecule has 1 aliphatic heterocycles. The maximum absolute atomic E-state index is 12.0. The number of rotatable bonds is 6. The van der Waals surface area contributed by atoms with Gasteiger partial charge in [-0.15, -0.1) is 0 Å². The number of para-hydroxylation sites is 1. The third kappa shape index (κ3) is 4.16. The van der Waals surface area contributed by atoms with Crippen molar-refractivity contribution in [3.8, 4) is 0 Å². The van der Waals surface area contributed by atoms with Crippen LogP contribution in [0.15, 0.2) is 29.1 Å². The number of carbonyl (C=O) groups excluding carboxylic acids is 1. The van der Waals surface area contributed by atoms with Crippen LogP contribution in [0, 0.1) is 0 Å². The van der Waals surface area contributed by atoms with Gasteiger partial charge in [0.05, 0.1) is 17.0 Å². The molecule has 23 heavy (non-hydrogen) atoms. The normalized spacial score (nSPS) is 17.5. The van der Waals surface area contributed by atoms with Crippen molar-refractivity contribution in [1.82, 2.24) is 15.3 Å². The van der Waals surface area contributed by atoms with Crippen LogP contribution in [0.25, 0.3) is 10.9 Å². The van der Waals surface area contributed by atoms with Crippen LogP contribution < -0.4 is 10.9 Å². The summed E-state index contributed by atoms with van der Waals surface area (Å²) in [7, 11) is 0. The Bertz CT molecular complexity index is 735. The van der Waals surface area contributed by atoms with Crippen LogP contribution in [0.3, 0.4) is 0 Å². The van der Waals surface area contributed by atoms with Gasteiger partial charge in [0.1, 0.15) is 5.82 Å². The van der Waals surface area contributed by atoms with Gasteiger partial charge in [-0.25, -0.2) is 4.98 Å². The molecule has 2 heterocycles. The number of nitrogens with one attached hydrogen (secondary N) is 2. The van der Waals surface area contributed by atoms with Gasteiger partial charge in [-0.05, 0) is 31.4 Å². The second-order valence-electron chi connectivity index (χ2n) is 5.82. The van der Waals surface area contributed by atoms with Crippen molar-refractivity contribution in [3.05, 3.63) is 40.4 Å². The molecule has 0 aliphatic carbocycles. The van der Waals surface area contributed by atoms with Crippen LogP contribution >= 0.6 is 0 Å². The third-order valence-corrected chi connectivity index (χ3v) is 4.03. The molecule has 1 atom stereocenters. The molecule has 122 valence electrons. The molecule has 0 radical (unpaired) electrons. The number of carbonyl (C=O) groups is 1. The Labute approximate surface area is 134 Å². The molecule has 0 spiro atoms. The topological polar surface area (TPSA) is 84.1 Å². The van der Waals surface area contributed by atoms with E-state index in [1.54, 1.807) is 6.07 Å². The van der Waals surface area contributed by atoms with Crippen molar-refractivity contribution in [1.29, 1.82) is 0 Å². The van der Waals surface area contributed by atoms with Gasteiger partial charge >= 0.3 is 0 Å². The van der Waals surface area contributed by atoms with Gasteiger partial charge in [-0.1, -0.05) is 12.1 Å². The Morgan fingerprint density at radius 1 is 1.39 bits per heavy atom. The number of H-pyrrole nitrogens is 1. The summed E-state index contributed by atoms with van der Waals surface area (Å²) in [5.74, 6) is 0.643. The first-order valence-corrected chi connectivity index (χ1v) is 8.08. The molecule has 3 rings (SSSR count). The number of benzene rings is 1. The predicted octanol–water partition coefficient (Wildman–Crippen LogP) is 1.54. The average Bonchev–Trinajstić information content (AvgIpc) is 3.06. The lowest BCUT2D eigenvalue weighted by Gasteiger charge is -2.10. The van der Waals surface area contributed by atoms with Crippen LogP contribution in [0.2, 0.25) is 0 Å². The number of fused-ring (bicyclic) bond motifs is 1. The van der Waals surface area contributed by atoms with E-state index in [1.165, 1.54) is 0 Å². The Morgan fingerprint density at radius 2 is 2.26 bits per heavy atom. The summed E-state index contributed by atoms with van der Waals surface area (Å²) < 4.78 is 5.47. The number of aryl methyl sites for hydroxylation is 1. The number of aromatic nitrogens is 2. The molecule has 1 unspecified atom stereocenters. The molecule has 0 saturated carbocycles. The second-order valence-corrected chi connectivity index (χ2v) is 5.82. The number of ether oxygens (including phenoxy) is 1. The number of nitrogens with zero attached hydrogens (tertiary/aromatic N) is 1. The van der Waals surface area contributed by atoms with Crippen molar-refractivity contribution in [2.75, 3.05) is 13.2 Å². The Balaban J connectivity index is 1.48. The SMILES string of the molecule is O=C(CCCc1nc2ccccc2c(=O)[nH]1)NCC1CCCO1. The fraction of sp³-hybridized carbons (Fsp3) is 0.471. The van der Waals surface area contributed by atoms with Crippen LogP contribution in [0.4, 0.5) is 0 Å². The lowest BCUT2D eigenvalue weighted by atomic mass is 10.2. The van der Waals surface area contributed by atoms with E-state index < -0.39 is 0 Å². The zero-order valence-corrected chi connectivity index (χ0v) is 13.0. The van der Waals surface area contributed by atoms with E-state index in [-0.39, 0.29) is 17.6 Å². The van der Waals surface area contributed by atoms with E-state index in [0.717, 1.165) is 19.4 Å². The van der Waals surface area contributed by atoms with E-state index in [1.807, 2.05) is 18.2 Å². The van der Waals surface area contributed by atoms with Gasteiger partial charge in [-0.3, -0.25) is 9.59 Å². The van der Waals surface area contributed by atoms with Gasteiger partial charge in [0, 0.05) is 26.0 Å². The van der Waals surface area contributed by atoms with Crippen molar-refractivity contribution in [3.63, 3.8) is 0 Å². The Hall–Kier alpha value is -2.21. The quantitative estimate of drug-likeness (QED) is 0.847. The number of amides is 1. The maximum atomic E-state index is 12.0. The minimum atomic E-state index is -0.131. The van der Waals surface area contributed by atoms with Gasteiger partial charge in [0.2, 0.25) is 5.91 Å². The Kier molecular flexibility index (Phi) is 5.02. The van der Waals surface area contributed by atoms with Gasteiger partial charge in [0.25, 0.3) is 5.56 Å². The first-order chi connectivity index (χ1) is 11.2. The summed E-state index contributed by atoms with van der Waals surface area (Å²) in [6, 6.07) is 7.25. The number of hydrogen-bond donors (Lipinski definition) is 2. The van der Waals surface area contributed by atoms with Crippen molar-refractivity contribution in [2.45, 2.75) is 38.2 Å². The molecular weight excluding hydrogens is 294 g/mol. The predicted molar refractivity (Wildman–Crippen MR) is 87.3 cm³/mol. The zero-order valence-electron chi connectivity index (χ0n) is 13.0. The molecule has 6 nitrogen and oxygen atoms in total. The average molecular weight is 315 g/mol. The van der Waals surface area contributed by atoms with E-state index >= 15 is 0 Å². The van der Waals surface area contributed by atoms with Crippen LogP contribution in [0.5, 0.6) is 0 Å². The van der Waals surface area contributed by atoms with Crippen LogP contribution in [-0.2, 0) is 16.0 Å². The number of hydrogen-bond acceptors (Lipinski definition) is 4. The van der Waals surface area contributed by atoms with Gasteiger partial charge in [0.15, 0.2) is 0 Å². The minimum absolute atomic E-state index is 0.0173. The monoisotopic (exact) mass is 315 g/mol. The van der Waals surface area contributed by atoms with Gasteiger partial charge in [-0.2, -0.15) is 0 Å². The van der Waals surface area contributed by atoms with E-state index in [4.69, 9.17) is 4.74 Å². The molecule has 1 fully saturated rings. The number of aromatic amines is 1. The van der Waals surface area contributed by atoms with Crippen LogP contribution in [0.1, 0.15) is 31.5 Å². The minimum Gasteiger partial charge on any atom is -0.376 e. The second kappa shape index (κ2) is 7.37. The molecular formula is C17H21N3O3. The molecule has 1 amide bonds. The highest BCUT2D eigenvalue weighted by atomic mass is 16.5. The summed E-state index contributed by atoms with van der Waals surface area (Å²) in [5, 5.41) is 3.48. The zero-order chi connectivity index (χ0) is 16.1. The Morgan fingerprint density at radius 3 is 3.09 bits per heavy atom. The van der Waals surface area contributed by atoms with E-state index in [2.05, 4.69) is 15.3 Å². The molecule has 6 heteroatoms. The molecule has 1 aromatic heterocycles. The summed E-state index contributed by atoms with van der Waals surface area (Å²) in [6.45, 7) is 1.38. The summed E-state index contributed by atoms with van der Waals surface area (Å²) in [6.07, 6.45) is 3.90.